The van der Waals surface area contributed by atoms with E-state index in [1.165, 1.54) is 19.3 Å². The fraction of sp³-hybridized carbons (Fsp3) is 0.200. The van der Waals surface area contributed by atoms with E-state index in [2.05, 4.69) is 15.3 Å². The van der Waals surface area contributed by atoms with Crippen LogP contribution in [-0.4, -0.2) is 26.7 Å². The molecule has 0 aliphatic rings. The lowest BCUT2D eigenvalue weighted by Crippen LogP contribution is -2.13. The lowest BCUT2D eigenvalue weighted by atomic mass is 10.0. The van der Waals surface area contributed by atoms with Crippen molar-refractivity contribution < 1.29 is 14.6 Å². The smallest absolute Gasteiger partial charge is 0.130 e. The Labute approximate surface area is 151 Å². The standard InChI is InChI=1S/C20H20FN3O2/c1-13(25)16-8-7-15(9-17(16)21)18-10-20(24-12-23-18)22-11-19(26)14-5-3-2-4-6-14/h2-10,12-13,19,25-26H,11H2,1H3,(H,22,23,24)/t13?,19-/m0/s1. The molecule has 6 heteroatoms. The number of anilines is 1. The second kappa shape index (κ2) is 8.03. The van der Waals surface area contributed by atoms with Gasteiger partial charge in [-0.3, -0.25) is 0 Å². The molecular weight excluding hydrogens is 333 g/mol. The van der Waals surface area contributed by atoms with E-state index in [0.717, 1.165) is 5.56 Å². The van der Waals surface area contributed by atoms with Crippen molar-refractivity contribution in [2.75, 3.05) is 11.9 Å². The first-order valence-corrected chi connectivity index (χ1v) is 8.31. The SMILES string of the molecule is CC(O)c1ccc(-c2cc(NC[C@H](O)c3ccccc3)ncn2)cc1F. The third-order valence-electron chi connectivity index (χ3n) is 4.07. The van der Waals surface area contributed by atoms with Gasteiger partial charge in [-0.25, -0.2) is 14.4 Å². The average molecular weight is 353 g/mol. The largest absolute Gasteiger partial charge is 0.389 e. The van der Waals surface area contributed by atoms with Gasteiger partial charge in [0, 0.05) is 23.7 Å². The summed E-state index contributed by atoms with van der Waals surface area (Å²) >= 11 is 0. The molecule has 0 radical (unpaired) electrons. The van der Waals surface area contributed by atoms with Gasteiger partial charge in [0.05, 0.1) is 17.9 Å². The van der Waals surface area contributed by atoms with Crippen LogP contribution in [0.1, 0.15) is 30.3 Å². The summed E-state index contributed by atoms with van der Waals surface area (Å²) in [6.07, 6.45) is -0.156. The van der Waals surface area contributed by atoms with E-state index in [9.17, 15) is 14.6 Å². The average Bonchev–Trinajstić information content (AvgIpc) is 2.66. The molecule has 1 aromatic heterocycles. The van der Waals surface area contributed by atoms with Crippen molar-refractivity contribution in [2.45, 2.75) is 19.1 Å². The highest BCUT2D eigenvalue weighted by atomic mass is 19.1. The van der Waals surface area contributed by atoms with Gasteiger partial charge in [0.15, 0.2) is 0 Å². The predicted octanol–water partition coefficient (Wildman–Crippen LogP) is 3.48. The lowest BCUT2D eigenvalue weighted by Gasteiger charge is -2.13. The molecule has 3 aromatic rings. The van der Waals surface area contributed by atoms with E-state index in [1.54, 1.807) is 18.2 Å². The zero-order valence-corrected chi connectivity index (χ0v) is 14.3. The summed E-state index contributed by atoms with van der Waals surface area (Å²) in [5.74, 6) is 0.0510. The first kappa shape index (κ1) is 18.0. The monoisotopic (exact) mass is 353 g/mol. The van der Waals surface area contributed by atoms with Crippen LogP contribution >= 0.6 is 0 Å². The molecule has 3 N–H and O–H groups in total. The van der Waals surface area contributed by atoms with E-state index >= 15 is 0 Å². The Hall–Kier alpha value is -2.83. The van der Waals surface area contributed by atoms with Crippen LogP contribution in [0.2, 0.25) is 0 Å². The fourth-order valence-electron chi connectivity index (χ4n) is 2.63. The summed E-state index contributed by atoms with van der Waals surface area (Å²) in [7, 11) is 0. The van der Waals surface area contributed by atoms with Crippen LogP contribution in [0.15, 0.2) is 60.9 Å². The fourth-order valence-corrected chi connectivity index (χ4v) is 2.63. The normalized spacial score (nSPS) is 13.2. The summed E-state index contributed by atoms with van der Waals surface area (Å²) in [6, 6.07) is 15.6. The Kier molecular flexibility index (Phi) is 5.55. The first-order chi connectivity index (χ1) is 12.5. The number of aliphatic hydroxyl groups is 2. The van der Waals surface area contributed by atoms with E-state index < -0.39 is 18.0 Å². The number of rotatable bonds is 6. The Morgan fingerprint density at radius 1 is 1.04 bits per heavy atom. The van der Waals surface area contributed by atoms with Gasteiger partial charge in [-0.2, -0.15) is 0 Å². The Balaban J connectivity index is 1.73. The minimum Gasteiger partial charge on any atom is -0.389 e. The van der Waals surface area contributed by atoms with Gasteiger partial charge in [-0.05, 0) is 18.6 Å². The molecule has 0 saturated carbocycles. The maximum Gasteiger partial charge on any atom is 0.130 e. The number of halogens is 1. The van der Waals surface area contributed by atoms with E-state index in [-0.39, 0.29) is 12.1 Å². The number of aliphatic hydroxyl groups excluding tert-OH is 2. The molecule has 2 aromatic carbocycles. The molecule has 0 aliphatic carbocycles. The molecule has 0 aliphatic heterocycles. The van der Waals surface area contributed by atoms with Gasteiger partial charge >= 0.3 is 0 Å². The summed E-state index contributed by atoms with van der Waals surface area (Å²) < 4.78 is 14.1. The van der Waals surface area contributed by atoms with Crippen LogP contribution in [-0.2, 0) is 0 Å². The van der Waals surface area contributed by atoms with Crippen molar-refractivity contribution >= 4 is 5.82 Å². The van der Waals surface area contributed by atoms with Crippen molar-refractivity contribution in [3.05, 3.63) is 77.9 Å². The van der Waals surface area contributed by atoms with E-state index in [4.69, 9.17) is 0 Å². The van der Waals surface area contributed by atoms with Gasteiger partial charge in [-0.1, -0.05) is 42.5 Å². The summed E-state index contributed by atoms with van der Waals surface area (Å²) in [5.41, 5.74) is 2.19. The van der Waals surface area contributed by atoms with Gasteiger partial charge in [0.1, 0.15) is 18.0 Å². The highest BCUT2D eigenvalue weighted by molar-refractivity contribution is 5.62. The minimum absolute atomic E-state index is 0.243. The van der Waals surface area contributed by atoms with E-state index in [1.807, 2.05) is 30.3 Å². The van der Waals surface area contributed by atoms with Crippen LogP contribution < -0.4 is 5.32 Å². The highest BCUT2D eigenvalue weighted by Gasteiger charge is 2.11. The van der Waals surface area contributed by atoms with Crippen LogP contribution in [0, 0.1) is 5.82 Å². The molecule has 0 saturated heterocycles. The zero-order valence-electron chi connectivity index (χ0n) is 14.3. The summed E-state index contributed by atoms with van der Waals surface area (Å²) in [5, 5.41) is 22.8. The lowest BCUT2D eigenvalue weighted by molar-refractivity contribution is 0.191. The second-order valence-corrected chi connectivity index (χ2v) is 6.01. The predicted molar refractivity (Wildman–Crippen MR) is 98.0 cm³/mol. The minimum atomic E-state index is -0.869. The molecule has 1 heterocycles. The number of nitrogens with zero attached hydrogens (tertiary/aromatic N) is 2. The number of hydrogen-bond donors (Lipinski definition) is 3. The Morgan fingerprint density at radius 2 is 1.81 bits per heavy atom. The quantitative estimate of drug-likeness (QED) is 0.632. The molecule has 5 nitrogen and oxygen atoms in total. The third kappa shape index (κ3) is 4.22. The topological polar surface area (TPSA) is 78.3 Å². The Bertz CT molecular complexity index is 872. The molecule has 0 fully saturated rings. The highest BCUT2D eigenvalue weighted by Crippen LogP contribution is 2.24. The molecule has 0 bridgehead atoms. The molecule has 0 spiro atoms. The molecule has 3 rings (SSSR count). The van der Waals surface area contributed by atoms with Crippen LogP contribution in [0.4, 0.5) is 10.2 Å². The third-order valence-corrected chi connectivity index (χ3v) is 4.07. The van der Waals surface area contributed by atoms with Gasteiger partial charge in [0.25, 0.3) is 0 Å². The van der Waals surface area contributed by atoms with Crippen molar-refractivity contribution in [2.24, 2.45) is 0 Å². The second-order valence-electron chi connectivity index (χ2n) is 6.01. The van der Waals surface area contributed by atoms with Crippen LogP contribution in [0.3, 0.4) is 0 Å². The first-order valence-electron chi connectivity index (χ1n) is 8.31. The van der Waals surface area contributed by atoms with Crippen LogP contribution in [0.5, 0.6) is 0 Å². The van der Waals surface area contributed by atoms with E-state index in [0.29, 0.717) is 17.1 Å². The van der Waals surface area contributed by atoms with Crippen LogP contribution in [0.25, 0.3) is 11.3 Å². The molecule has 0 amide bonds. The molecule has 2 atom stereocenters. The number of hydrogen-bond acceptors (Lipinski definition) is 5. The molecule has 26 heavy (non-hydrogen) atoms. The zero-order chi connectivity index (χ0) is 18.5. The maximum atomic E-state index is 14.1. The summed E-state index contributed by atoms with van der Waals surface area (Å²) in [4.78, 5) is 8.30. The van der Waals surface area contributed by atoms with Gasteiger partial charge in [-0.15, -0.1) is 0 Å². The molecular formula is C20H20FN3O2. The maximum absolute atomic E-state index is 14.1. The van der Waals surface area contributed by atoms with Crippen molar-refractivity contribution in [3.8, 4) is 11.3 Å². The van der Waals surface area contributed by atoms with Gasteiger partial charge in [0.2, 0.25) is 0 Å². The van der Waals surface area contributed by atoms with Gasteiger partial charge < -0.3 is 15.5 Å². The molecule has 1 unspecified atom stereocenters. The molecule has 134 valence electrons. The van der Waals surface area contributed by atoms with Crippen molar-refractivity contribution in [1.82, 2.24) is 9.97 Å². The van der Waals surface area contributed by atoms with Crippen molar-refractivity contribution in [1.29, 1.82) is 0 Å². The number of nitrogens with one attached hydrogen (secondary N) is 1. The number of benzene rings is 2. The number of aromatic nitrogens is 2. The Morgan fingerprint density at radius 3 is 2.50 bits per heavy atom. The summed E-state index contributed by atoms with van der Waals surface area (Å²) in [6.45, 7) is 1.80. The van der Waals surface area contributed by atoms with Crippen molar-refractivity contribution in [3.63, 3.8) is 0 Å².